The standard InChI is InChI=1S/C28H30F2N6O7/c1-13-16(9-32-24-23(13)36(27(39)40)5-6-42-24)15-7-14-8-20(34-25(37)33-19-12-41-11-18(19)29)31-10-17(14)22(21(15)30)35-26(38)43-28(2,3)4/h7-10,18-19H,5-6,11-12H2,1-4H3,(H,35,38)(H,39,40)(H2,31,33,34,37). The van der Waals surface area contributed by atoms with Crippen molar-refractivity contribution in [2.24, 2.45) is 0 Å². The van der Waals surface area contributed by atoms with Crippen LogP contribution in [0.1, 0.15) is 26.3 Å². The molecule has 5 rings (SSSR count). The number of anilines is 3. The molecule has 1 saturated heterocycles. The van der Waals surface area contributed by atoms with Gasteiger partial charge in [0.25, 0.3) is 0 Å². The number of hydrogen-bond donors (Lipinski definition) is 4. The molecular weight excluding hydrogens is 570 g/mol. The number of carboxylic acid groups (broad SMARTS) is 1. The first-order valence-corrected chi connectivity index (χ1v) is 13.4. The number of nitrogens with zero attached hydrogens (tertiary/aromatic N) is 3. The molecule has 0 saturated carbocycles. The summed E-state index contributed by atoms with van der Waals surface area (Å²) in [6.07, 6.45) is -0.874. The van der Waals surface area contributed by atoms with Crippen LogP contribution in [0.3, 0.4) is 0 Å². The second-order valence-electron chi connectivity index (χ2n) is 11.0. The van der Waals surface area contributed by atoms with E-state index in [4.69, 9.17) is 14.2 Å². The molecule has 43 heavy (non-hydrogen) atoms. The van der Waals surface area contributed by atoms with E-state index in [0.717, 1.165) is 4.90 Å². The van der Waals surface area contributed by atoms with E-state index >= 15 is 4.39 Å². The molecule has 1 aromatic carbocycles. The molecule has 1 fully saturated rings. The zero-order valence-electron chi connectivity index (χ0n) is 23.8. The van der Waals surface area contributed by atoms with Crippen LogP contribution in [0, 0.1) is 12.7 Å². The van der Waals surface area contributed by atoms with E-state index in [0.29, 0.717) is 10.9 Å². The number of urea groups is 1. The van der Waals surface area contributed by atoms with Crippen LogP contribution in [0.25, 0.3) is 21.9 Å². The van der Waals surface area contributed by atoms with Gasteiger partial charge in [-0.3, -0.25) is 15.5 Å². The van der Waals surface area contributed by atoms with Crippen molar-refractivity contribution in [3.05, 3.63) is 35.9 Å². The number of pyridine rings is 2. The highest BCUT2D eigenvalue weighted by atomic mass is 19.1. The molecule has 2 aromatic heterocycles. The van der Waals surface area contributed by atoms with Gasteiger partial charge in [0.15, 0.2) is 5.82 Å². The summed E-state index contributed by atoms with van der Waals surface area (Å²) in [5.74, 6) is -0.698. The Balaban J connectivity index is 1.59. The van der Waals surface area contributed by atoms with Crippen LogP contribution < -0.4 is 25.6 Å². The number of hydrogen-bond acceptors (Lipinski definition) is 8. The van der Waals surface area contributed by atoms with E-state index < -0.39 is 41.8 Å². The van der Waals surface area contributed by atoms with E-state index in [1.807, 2.05) is 0 Å². The van der Waals surface area contributed by atoms with Crippen LogP contribution >= 0.6 is 0 Å². The Morgan fingerprint density at radius 1 is 1.12 bits per heavy atom. The number of fused-ring (bicyclic) bond motifs is 2. The molecule has 0 bridgehead atoms. The number of ether oxygens (including phenoxy) is 3. The highest BCUT2D eigenvalue weighted by molar-refractivity contribution is 6.05. The van der Waals surface area contributed by atoms with E-state index in [2.05, 4.69) is 25.9 Å². The van der Waals surface area contributed by atoms with Crippen LogP contribution in [-0.2, 0) is 9.47 Å². The predicted molar refractivity (Wildman–Crippen MR) is 152 cm³/mol. The van der Waals surface area contributed by atoms with Gasteiger partial charge in [0, 0.05) is 28.9 Å². The number of aromatic nitrogens is 2. The summed E-state index contributed by atoms with van der Waals surface area (Å²) in [5.41, 5.74) is -0.363. The number of amides is 4. The summed E-state index contributed by atoms with van der Waals surface area (Å²) in [7, 11) is 0. The SMILES string of the molecule is Cc1c(-c2cc3cc(NC(=O)NC4COCC4F)ncc3c(NC(=O)OC(C)(C)C)c2F)cnc2c1N(C(=O)O)CCO2. The molecule has 0 radical (unpaired) electrons. The zero-order valence-corrected chi connectivity index (χ0v) is 23.8. The summed E-state index contributed by atoms with van der Waals surface area (Å²) >= 11 is 0. The molecule has 0 spiro atoms. The molecule has 3 aromatic rings. The summed E-state index contributed by atoms with van der Waals surface area (Å²) in [6.45, 7) is 6.65. The third-order valence-electron chi connectivity index (χ3n) is 6.77. The second-order valence-corrected chi connectivity index (χ2v) is 11.0. The van der Waals surface area contributed by atoms with Crippen molar-refractivity contribution < 1.29 is 42.5 Å². The van der Waals surface area contributed by atoms with Crippen molar-refractivity contribution in [3.63, 3.8) is 0 Å². The summed E-state index contributed by atoms with van der Waals surface area (Å²) in [6, 6.07) is 1.37. The van der Waals surface area contributed by atoms with Gasteiger partial charge in [0.05, 0.1) is 31.5 Å². The number of alkyl halides is 1. The first kappa shape index (κ1) is 29.7. The normalized spacial score (nSPS) is 18.0. The van der Waals surface area contributed by atoms with E-state index in [-0.39, 0.29) is 66.0 Å². The number of carbonyl (C=O) groups is 3. The third kappa shape index (κ3) is 6.21. The minimum absolute atomic E-state index is 0.0211. The molecule has 228 valence electrons. The van der Waals surface area contributed by atoms with Gasteiger partial charge in [-0.2, -0.15) is 0 Å². The van der Waals surface area contributed by atoms with Crippen LogP contribution in [0.4, 0.5) is 40.4 Å². The van der Waals surface area contributed by atoms with E-state index in [1.165, 1.54) is 24.5 Å². The fourth-order valence-corrected chi connectivity index (χ4v) is 4.85. The molecule has 4 amide bonds. The fourth-order valence-electron chi connectivity index (χ4n) is 4.85. The Morgan fingerprint density at radius 3 is 2.56 bits per heavy atom. The largest absolute Gasteiger partial charge is 0.474 e. The monoisotopic (exact) mass is 600 g/mol. The minimum Gasteiger partial charge on any atom is -0.474 e. The second kappa shape index (κ2) is 11.5. The summed E-state index contributed by atoms with van der Waals surface area (Å²) < 4.78 is 46.1. The maximum Gasteiger partial charge on any atom is 0.412 e. The van der Waals surface area contributed by atoms with Gasteiger partial charge in [0.1, 0.15) is 29.9 Å². The van der Waals surface area contributed by atoms with Gasteiger partial charge in [0.2, 0.25) is 5.88 Å². The highest BCUT2D eigenvalue weighted by Gasteiger charge is 2.31. The molecule has 0 aliphatic carbocycles. The molecule has 4 heterocycles. The van der Waals surface area contributed by atoms with Gasteiger partial charge < -0.3 is 24.6 Å². The number of nitrogens with one attached hydrogen (secondary N) is 3. The van der Waals surface area contributed by atoms with Crippen LogP contribution in [0.15, 0.2) is 24.5 Å². The van der Waals surface area contributed by atoms with Crippen molar-refractivity contribution in [3.8, 4) is 17.0 Å². The fraction of sp³-hybridized carbons (Fsp3) is 0.393. The van der Waals surface area contributed by atoms with Crippen molar-refractivity contribution in [1.29, 1.82) is 0 Å². The van der Waals surface area contributed by atoms with E-state index in [1.54, 1.807) is 27.7 Å². The number of halogens is 2. The Morgan fingerprint density at radius 2 is 1.88 bits per heavy atom. The lowest BCUT2D eigenvalue weighted by atomic mass is 9.96. The predicted octanol–water partition coefficient (Wildman–Crippen LogP) is 4.83. The maximum atomic E-state index is 16.3. The highest BCUT2D eigenvalue weighted by Crippen LogP contribution is 2.42. The third-order valence-corrected chi connectivity index (χ3v) is 6.77. The molecule has 13 nitrogen and oxygen atoms in total. The molecule has 2 atom stereocenters. The smallest absolute Gasteiger partial charge is 0.412 e. The number of rotatable bonds is 4. The van der Waals surface area contributed by atoms with Crippen LogP contribution in [0.5, 0.6) is 5.88 Å². The first-order chi connectivity index (χ1) is 20.3. The zero-order chi connectivity index (χ0) is 31.1. The lowest BCUT2D eigenvalue weighted by molar-refractivity contribution is 0.0635. The van der Waals surface area contributed by atoms with Gasteiger partial charge in [-0.1, -0.05) is 0 Å². The maximum absolute atomic E-state index is 16.3. The molecular formula is C28H30F2N6O7. The lowest BCUT2D eigenvalue weighted by Gasteiger charge is -2.29. The van der Waals surface area contributed by atoms with Gasteiger partial charge in [-0.05, 0) is 50.8 Å². The Kier molecular flexibility index (Phi) is 7.92. The number of benzene rings is 1. The Labute approximate surface area is 244 Å². The van der Waals surface area contributed by atoms with Crippen LogP contribution in [0.2, 0.25) is 0 Å². The lowest BCUT2D eigenvalue weighted by Crippen LogP contribution is -2.43. The summed E-state index contributed by atoms with van der Waals surface area (Å²) in [4.78, 5) is 46.7. The van der Waals surface area contributed by atoms with Gasteiger partial charge >= 0.3 is 18.2 Å². The van der Waals surface area contributed by atoms with Crippen molar-refractivity contribution in [2.45, 2.75) is 45.5 Å². The molecule has 2 unspecified atom stereocenters. The van der Waals surface area contributed by atoms with Crippen molar-refractivity contribution in [1.82, 2.24) is 15.3 Å². The average molecular weight is 601 g/mol. The first-order valence-electron chi connectivity index (χ1n) is 13.4. The van der Waals surface area contributed by atoms with Crippen LogP contribution in [-0.4, -0.2) is 77.5 Å². The molecule has 2 aliphatic rings. The topological polar surface area (TPSA) is 164 Å². The van der Waals surface area contributed by atoms with E-state index in [9.17, 15) is 23.9 Å². The summed E-state index contributed by atoms with van der Waals surface area (Å²) in [5, 5.41) is 17.8. The van der Waals surface area contributed by atoms with Gasteiger partial charge in [-0.15, -0.1) is 0 Å². The quantitative estimate of drug-likeness (QED) is 0.328. The molecule has 15 heteroatoms. The van der Waals surface area contributed by atoms with Gasteiger partial charge in [-0.25, -0.2) is 33.1 Å². The Hall–Kier alpha value is -4.79. The molecule has 4 N–H and O–H groups in total. The minimum atomic E-state index is -1.35. The Bertz CT molecular complexity index is 1610. The molecule has 2 aliphatic heterocycles. The number of carbonyl (C=O) groups excluding carboxylic acids is 2. The van der Waals surface area contributed by atoms with Crippen molar-refractivity contribution in [2.75, 3.05) is 41.9 Å². The average Bonchev–Trinajstić information content (AvgIpc) is 3.32. The van der Waals surface area contributed by atoms with Crippen molar-refractivity contribution >= 4 is 46.2 Å².